The molecule has 1 fully saturated rings. The fourth-order valence-corrected chi connectivity index (χ4v) is 2.43. The lowest BCUT2D eigenvalue weighted by atomic mass is 9.90. The van der Waals surface area contributed by atoms with Crippen LogP contribution in [0.1, 0.15) is 25.8 Å². The Labute approximate surface area is 114 Å². The van der Waals surface area contributed by atoms with Crippen molar-refractivity contribution in [1.29, 1.82) is 0 Å². The molecule has 1 heterocycles. The molecule has 2 rings (SSSR count). The second-order valence-corrected chi connectivity index (χ2v) is 5.05. The summed E-state index contributed by atoms with van der Waals surface area (Å²) in [5.41, 5.74) is 1.02. The smallest absolute Gasteiger partial charge is 0.146 e. The average molecular weight is 264 g/mol. The van der Waals surface area contributed by atoms with E-state index in [-0.39, 0.29) is 12.0 Å². The monoisotopic (exact) mass is 264 g/mol. The molecular weight excluding hydrogens is 243 g/mol. The third-order valence-electron chi connectivity index (χ3n) is 3.67. The summed E-state index contributed by atoms with van der Waals surface area (Å²) in [5, 5.41) is 0. The first kappa shape index (κ1) is 14.1. The summed E-state index contributed by atoms with van der Waals surface area (Å²) in [5.74, 6) is 0.240. The van der Waals surface area contributed by atoms with Gasteiger partial charge >= 0.3 is 0 Å². The quantitative estimate of drug-likeness (QED) is 0.822. The Kier molecular flexibility index (Phi) is 4.59. The van der Waals surface area contributed by atoms with Gasteiger partial charge in [-0.25, -0.2) is 4.39 Å². The Morgan fingerprint density at radius 3 is 2.63 bits per heavy atom. The fourth-order valence-electron chi connectivity index (χ4n) is 2.43. The summed E-state index contributed by atoms with van der Waals surface area (Å²) in [4.78, 5) is 0. The van der Waals surface area contributed by atoms with Gasteiger partial charge in [-0.1, -0.05) is 50.8 Å². The Hall–Kier alpha value is -1.35. The van der Waals surface area contributed by atoms with Crippen LogP contribution in [0.25, 0.3) is 0 Å². The number of ether oxygens (including phenoxy) is 2. The van der Waals surface area contributed by atoms with Gasteiger partial charge in [-0.3, -0.25) is 0 Å². The van der Waals surface area contributed by atoms with Crippen molar-refractivity contribution in [3.63, 3.8) is 0 Å². The second kappa shape index (κ2) is 6.20. The summed E-state index contributed by atoms with van der Waals surface area (Å²) in [6.45, 7) is 8.03. The van der Waals surface area contributed by atoms with Crippen molar-refractivity contribution in [1.82, 2.24) is 0 Å². The van der Waals surface area contributed by atoms with Crippen LogP contribution in [-0.2, 0) is 16.1 Å². The number of alkyl halides is 1. The Morgan fingerprint density at radius 1 is 1.32 bits per heavy atom. The number of rotatable bonds is 4. The molecule has 1 aromatic rings. The lowest BCUT2D eigenvalue weighted by Crippen LogP contribution is -2.45. The summed E-state index contributed by atoms with van der Waals surface area (Å²) >= 11 is 0. The molecule has 0 unspecified atom stereocenters. The van der Waals surface area contributed by atoms with Crippen LogP contribution in [0.4, 0.5) is 4.39 Å². The predicted molar refractivity (Wildman–Crippen MR) is 73.4 cm³/mol. The standard InChI is InChI=1S/C16H21FO2/c1-4-14-11(2)15(17)16(12(3)19-14)18-10-13-8-6-5-7-9-13/h5-9,11,14-16H,3-4,10H2,1-2H3/t11-,14-,15-,16+/m1/s1. The molecule has 1 aliphatic rings. The van der Waals surface area contributed by atoms with Gasteiger partial charge in [-0.05, 0) is 12.0 Å². The van der Waals surface area contributed by atoms with Crippen LogP contribution >= 0.6 is 0 Å². The Morgan fingerprint density at radius 2 is 2.00 bits per heavy atom. The van der Waals surface area contributed by atoms with Gasteiger partial charge in [-0.2, -0.15) is 0 Å². The fraction of sp³-hybridized carbons (Fsp3) is 0.500. The van der Waals surface area contributed by atoms with Gasteiger partial charge in [0.1, 0.15) is 24.1 Å². The zero-order valence-electron chi connectivity index (χ0n) is 11.5. The van der Waals surface area contributed by atoms with Crippen molar-refractivity contribution in [2.75, 3.05) is 0 Å². The minimum atomic E-state index is -1.06. The lowest BCUT2D eigenvalue weighted by molar-refractivity contribution is -0.114. The highest BCUT2D eigenvalue weighted by molar-refractivity contribution is 5.14. The van der Waals surface area contributed by atoms with Gasteiger partial charge in [0.2, 0.25) is 0 Å². The SMILES string of the molecule is C=C1O[C@H](CC)[C@@H](C)[C@@H](F)[C@H]1OCc1ccccc1. The maximum absolute atomic E-state index is 14.4. The van der Waals surface area contributed by atoms with Crippen LogP contribution in [0.5, 0.6) is 0 Å². The van der Waals surface area contributed by atoms with E-state index in [1.54, 1.807) is 0 Å². The van der Waals surface area contributed by atoms with Crippen molar-refractivity contribution in [3.05, 3.63) is 48.2 Å². The molecular formula is C16H21FO2. The average Bonchev–Trinajstić information content (AvgIpc) is 2.44. The highest BCUT2D eigenvalue weighted by Gasteiger charge is 2.40. The minimum absolute atomic E-state index is 0.0981. The van der Waals surface area contributed by atoms with Crippen molar-refractivity contribution >= 4 is 0 Å². The number of hydrogen-bond acceptors (Lipinski definition) is 2. The molecule has 2 nitrogen and oxygen atoms in total. The third kappa shape index (κ3) is 3.16. The van der Waals surface area contributed by atoms with Gasteiger partial charge in [0.15, 0.2) is 0 Å². The molecule has 0 amide bonds. The molecule has 1 saturated heterocycles. The molecule has 0 aliphatic carbocycles. The van der Waals surface area contributed by atoms with Crippen molar-refractivity contribution in [2.45, 2.75) is 45.3 Å². The molecule has 1 aliphatic heterocycles. The van der Waals surface area contributed by atoms with Crippen molar-refractivity contribution in [2.24, 2.45) is 5.92 Å². The van der Waals surface area contributed by atoms with E-state index in [2.05, 4.69) is 6.58 Å². The van der Waals surface area contributed by atoms with Gasteiger partial charge in [0.05, 0.1) is 6.61 Å². The summed E-state index contributed by atoms with van der Waals surface area (Å²) in [6.07, 6.45) is -1.04. The largest absolute Gasteiger partial charge is 0.492 e. The van der Waals surface area contributed by atoms with Crippen LogP contribution in [0.2, 0.25) is 0 Å². The molecule has 0 saturated carbocycles. The van der Waals surface area contributed by atoms with Crippen LogP contribution in [0, 0.1) is 5.92 Å². The Balaban J connectivity index is 1.98. The molecule has 3 heteroatoms. The molecule has 0 N–H and O–H groups in total. The molecule has 4 atom stereocenters. The normalized spacial score (nSPS) is 31.0. The molecule has 0 bridgehead atoms. The van der Waals surface area contributed by atoms with Gasteiger partial charge < -0.3 is 9.47 Å². The summed E-state index contributed by atoms with van der Waals surface area (Å²) in [6, 6.07) is 9.73. The van der Waals surface area contributed by atoms with Gasteiger partial charge in [0, 0.05) is 5.92 Å². The topological polar surface area (TPSA) is 18.5 Å². The zero-order valence-corrected chi connectivity index (χ0v) is 11.5. The molecule has 104 valence electrons. The second-order valence-electron chi connectivity index (χ2n) is 5.05. The molecule has 1 aromatic carbocycles. The third-order valence-corrected chi connectivity index (χ3v) is 3.67. The predicted octanol–water partition coefficient (Wildman–Crippen LogP) is 3.87. The van der Waals surface area contributed by atoms with Gasteiger partial charge in [0.25, 0.3) is 0 Å². The highest BCUT2D eigenvalue weighted by Crippen LogP contribution is 2.33. The van der Waals surface area contributed by atoms with E-state index in [1.807, 2.05) is 44.2 Å². The van der Waals surface area contributed by atoms with Crippen LogP contribution in [0.15, 0.2) is 42.7 Å². The van der Waals surface area contributed by atoms with E-state index in [9.17, 15) is 4.39 Å². The van der Waals surface area contributed by atoms with E-state index in [1.165, 1.54) is 0 Å². The molecule has 0 spiro atoms. The van der Waals surface area contributed by atoms with Crippen LogP contribution < -0.4 is 0 Å². The summed E-state index contributed by atoms with van der Waals surface area (Å²) in [7, 11) is 0. The van der Waals surface area contributed by atoms with Gasteiger partial charge in [-0.15, -0.1) is 0 Å². The molecule has 19 heavy (non-hydrogen) atoms. The van der Waals surface area contributed by atoms with Crippen LogP contribution in [0.3, 0.4) is 0 Å². The first-order valence-corrected chi connectivity index (χ1v) is 6.78. The van der Waals surface area contributed by atoms with Crippen LogP contribution in [-0.4, -0.2) is 18.4 Å². The highest BCUT2D eigenvalue weighted by atomic mass is 19.1. The Bertz CT molecular complexity index is 418. The minimum Gasteiger partial charge on any atom is -0.492 e. The maximum Gasteiger partial charge on any atom is 0.146 e. The number of halogens is 1. The van der Waals surface area contributed by atoms with E-state index in [0.717, 1.165) is 12.0 Å². The number of hydrogen-bond donors (Lipinski definition) is 0. The zero-order chi connectivity index (χ0) is 13.8. The van der Waals surface area contributed by atoms with E-state index in [0.29, 0.717) is 12.4 Å². The number of benzene rings is 1. The molecule has 0 aromatic heterocycles. The van der Waals surface area contributed by atoms with E-state index < -0.39 is 12.3 Å². The maximum atomic E-state index is 14.4. The van der Waals surface area contributed by atoms with Crippen molar-refractivity contribution in [3.8, 4) is 0 Å². The first-order valence-electron chi connectivity index (χ1n) is 6.78. The first-order chi connectivity index (χ1) is 9.13. The lowest BCUT2D eigenvalue weighted by Gasteiger charge is -2.38. The van der Waals surface area contributed by atoms with E-state index in [4.69, 9.17) is 9.47 Å². The molecule has 0 radical (unpaired) electrons. The van der Waals surface area contributed by atoms with Crippen molar-refractivity contribution < 1.29 is 13.9 Å². The summed E-state index contributed by atoms with van der Waals surface area (Å²) < 4.78 is 25.7. The van der Waals surface area contributed by atoms with E-state index >= 15 is 0 Å².